The summed E-state index contributed by atoms with van der Waals surface area (Å²) in [6.45, 7) is 0.663. The second-order valence-corrected chi connectivity index (χ2v) is 5.72. The molecule has 1 aromatic carbocycles. The summed E-state index contributed by atoms with van der Waals surface area (Å²) < 4.78 is 0.911. The van der Waals surface area contributed by atoms with E-state index in [9.17, 15) is 9.90 Å². The molecule has 0 bridgehead atoms. The Morgan fingerprint density at radius 3 is 2.82 bits per heavy atom. The number of nitrogens with zero attached hydrogens (tertiary/aromatic N) is 1. The third-order valence-corrected chi connectivity index (χ3v) is 4.33. The van der Waals surface area contributed by atoms with Crippen LogP contribution in [-0.2, 0) is 11.4 Å². The van der Waals surface area contributed by atoms with Crippen molar-refractivity contribution >= 4 is 43.5 Å². The standard InChI is InChI=1S/C12H13Br2NO2/c13-5-8-3-12(17)15(6-8)11-2-1-10(14)4-9(11)7-16/h1-2,4,8,16H,3,5-7H2. The van der Waals surface area contributed by atoms with Gasteiger partial charge in [-0.25, -0.2) is 0 Å². The topological polar surface area (TPSA) is 40.5 Å². The Bertz CT molecular complexity index is 437. The molecule has 5 heteroatoms. The average molecular weight is 363 g/mol. The highest BCUT2D eigenvalue weighted by molar-refractivity contribution is 9.10. The van der Waals surface area contributed by atoms with Gasteiger partial charge in [-0.3, -0.25) is 4.79 Å². The Morgan fingerprint density at radius 1 is 1.47 bits per heavy atom. The zero-order valence-electron chi connectivity index (χ0n) is 9.20. The van der Waals surface area contributed by atoms with Gasteiger partial charge in [-0.15, -0.1) is 0 Å². The number of halogens is 2. The van der Waals surface area contributed by atoms with Crippen molar-refractivity contribution in [2.24, 2.45) is 5.92 Å². The molecule has 1 fully saturated rings. The minimum Gasteiger partial charge on any atom is -0.392 e. The van der Waals surface area contributed by atoms with Crippen molar-refractivity contribution in [2.45, 2.75) is 13.0 Å². The lowest BCUT2D eigenvalue weighted by atomic mass is 10.1. The molecule has 92 valence electrons. The van der Waals surface area contributed by atoms with Crippen LogP contribution < -0.4 is 4.90 Å². The zero-order valence-corrected chi connectivity index (χ0v) is 12.4. The number of aliphatic hydroxyl groups is 1. The Labute approximate surface area is 117 Å². The number of alkyl halides is 1. The fourth-order valence-electron chi connectivity index (χ4n) is 2.06. The largest absolute Gasteiger partial charge is 0.392 e. The summed E-state index contributed by atoms with van der Waals surface area (Å²) in [6, 6.07) is 5.62. The quantitative estimate of drug-likeness (QED) is 0.840. The molecule has 0 aromatic heterocycles. The number of aliphatic hydroxyl groups excluding tert-OH is 1. The maximum Gasteiger partial charge on any atom is 0.227 e. The van der Waals surface area contributed by atoms with Crippen molar-refractivity contribution in [3.63, 3.8) is 0 Å². The summed E-state index contributed by atoms with van der Waals surface area (Å²) in [7, 11) is 0. The summed E-state index contributed by atoms with van der Waals surface area (Å²) in [5.41, 5.74) is 1.60. The van der Waals surface area contributed by atoms with Crippen LogP contribution in [0.1, 0.15) is 12.0 Å². The lowest BCUT2D eigenvalue weighted by Crippen LogP contribution is -2.25. The Balaban J connectivity index is 2.31. The van der Waals surface area contributed by atoms with Crippen LogP contribution in [0.3, 0.4) is 0 Å². The number of anilines is 1. The van der Waals surface area contributed by atoms with Crippen molar-refractivity contribution in [1.82, 2.24) is 0 Å². The predicted molar refractivity (Wildman–Crippen MR) is 74.3 cm³/mol. The van der Waals surface area contributed by atoms with E-state index < -0.39 is 0 Å². The van der Waals surface area contributed by atoms with E-state index in [1.807, 2.05) is 18.2 Å². The first-order chi connectivity index (χ1) is 8.15. The summed E-state index contributed by atoms with van der Waals surface area (Å²) >= 11 is 6.78. The Morgan fingerprint density at radius 2 is 2.24 bits per heavy atom. The summed E-state index contributed by atoms with van der Waals surface area (Å²) in [5.74, 6) is 0.490. The van der Waals surface area contributed by atoms with Gasteiger partial charge in [-0.2, -0.15) is 0 Å². The SMILES string of the molecule is O=C1CC(CBr)CN1c1ccc(Br)cc1CO. The number of carbonyl (C=O) groups is 1. The van der Waals surface area contributed by atoms with Gasteiger partial charge in [0.2, 0.25) is 5.91 Å². The Kier molecular flexibility index (Phi) is 4.22. The summed E-state index contributed by atoms with van der Waals surface area (Å²) in [5, 5.41) is 10.2. The van der Waals surface area contributed by atoms with E-state index in [0.29, 0.717) is 12.3 Å². The number of hydrogen-bond acceptors (Lipinski definition) is 2. The van der Waals surface area contributed by atoms with Crippen LogP contribution in [0, 0.1) is 5.92 Å². The molecule has 1 amide bonds. The normalized spacial score (nSPS) is 20.1. The van der Waals surface area contributed by atoms with Crippen molar-refractivity contribution in [3.05, 3.63) is 28.2 Å². The first kappa shape index (κ1) is 13.1. The van der Waals surface area contributed by atoms with Gasteiger partial charge in [0.05, 0.1) is 6.61 Å². The molecule has 1 heterocycles. The highest BCUT2D eigenvalue weighted by Crippen LogP contribution is 2.30. The van der Waals surface area contributed by atoms with Gasteiger partial charge in [0, 0.05) is 34.0 Å². The second-order valence-electron chi connectivity index (χ2n) is 4.16. The van der Waals surface area contributed by atoms with E-state index in [0.717, 1.165) is 27.6 Å². The van der Waals surface area contributed by atoms with E-state index in [-0.39, 0.29) is 12.5 Å². The van der Waals surface area contributed by atoms with Crippen molar-refractivity contribution in [2.75, 3.05) is 16.8 Å². The van der Waals surface area contributed by atoms with Gasteiger partial charge in [0.1, 0.15) is 0 Å². The summed E-state index contributed by atoms with van der Waals surface area (Å²) in [4.78, 5) is 13.7. The van der Waals surface area contributed by atoms with E-state index >= 15 is 0 Å². The van der Waals surface area contributed by atoms with Crippen molar-refractivity contribution < 1.29 is 9.90 Å². The van der Waals surface area contributed by atoms with Crippen LogP contribution in [0.15, 0.2) is 22.7 Å². The smallest absolute Gasteiger partial charge is 0.227 e. The third kappa shape index (κ3) is 2.72. The van der Waals surface area contributed by atoms with E-state index in [4.69, 9.17) is 0 Å². The fraction of sp³-hybridized carbons (Fsp3) is 0.417. The molecule has 0 radical (unpaired) electrons. The second kappa shape index (κ2) is 5.50. The number of hydrogen-bond donors (Lipinski definition) is 1. The molecule has 1 N–H and O–H groups in total. The molecule has 1 aromatic rings. The molecule has 0 aliphatic carbocycles. The van der Waals surface area contributed by atoms with E-state index in [1.165, 1.54) is 0 Å². The highest BCUT2D eigenvalue weighted by Gasteiger charge is 2.30. The first-order valence-corrected chi connectivity index (χ1v) is 7.32. The predicted octanol–water partition coefficient (Wildman–Crippen LogP) is 2.69. The molecule has 1 atom stereocenters. The molecule has 1 saturated heterocycles. The zero-order chi connectivity index (χ0) is 12.4. The average Bonchev–Trinajstić information content (AvgIpc) is 2.70. The molecule has 0 saturated carbocycles. The van der Waals surface area contributed by atoms with Gasteiger partial charge in [-0.1, -0.05) is 31.9 Å². The monoisotopic (exact) mass is 361 g/mol. The third-order valence-electron chi connectivity index (χ3n) is 2.93. The number of amides is 1. The maximum absolute atomic E-state index is 11.9. The first-order valence-electron chi connectivity index (χ1n) is 5.41. The minimum absolute atomic E-state index is 0.0580. The molecule has 1 aliphatic heterocycles. The molecule has 1 unspecified atom stereocenters. The fourth-order valence-corrected chi connectivity index (χ4v) is 2.90. The molecular formula is C12H13Br2NO2. The maximum atomic E-state index is 11.9. The van der Waals surface area contributed by atoms with Gasteiger partial charge in [-0.05, 0) is 24.1 Å². The number of benzene rings is 1. The van der Waals surface area contributed by atoms with Crippen molar-refractivity contribution in [1.29, 1.82) is 0 Å². The number of rotatable bonds is 3. The Hall–Kier alpha value is -0.390. The highest BCUT2D eigenvalue weighted by atomic mass is 79.9. The van der Waals surface area contributed by atoms with Crippen LogP contribution in [-0.4, -0.2) is 22.9 Å². The van der Waals surface area contributed by atoms with Gasteiger partial charge in [0.15, 0.2) is 0 Å². The van der Waals surface area contributed by atoms with Crippen LogP contribution in [0.25, 0.3) is 0 Å². The van der Waals surface area contributed by atoms with E-state index in [2.05, 4.69) is 31.9 Å². The minimum atomic E-state index is -0.0580. The molecule has 1 aliphatic rings. The van der Waals surface area contributed by atoms with Gasteiger partial charge < -0.3 is 10.0 Å². The lowest BCUT2D eigenvalue weighted by Gasteiger charge is -2.19. The molecule has 3 nitrogen and oxygen atoms in total. The molecule has 0 spiro atoms. The molecular weight excluding hydrogens is 350 g/mol. The number of carbonyl (C=O) groups excluding carboxylic acids is 1. The van der Waals surface area contributed by atoms with Crippen LogP contribution in [0.2, 0.25) is 0 Å². The van der Waals surface area contributed by atoms with Crippen LogP contribution in [0.4, 0.5) is 5.69 Å². The van der Waals surface area contributed by atoms with Crippen molar-refractivity contribution in [3.8, 4) is 0 Å². The molecule has 2 rings (SSSR count). The summed E-state index contributed by atoms with van der Waals surface area (Å²) in [6.07, 6.45) is 0.576. The van der Waals surface area contributed by atoms with Crippen LogP contribution >= 0.6 is 31.9 Å². The van der Waals surface area contributed by atoms with E-state index in [1.54, 1.807) is 4.90 Å². The lowest BCUT2D eigenvalue weighted by molar-refractivity contribution is -0.117. The van der Waals surface area contributed by atoms with Gasteiger partial charge in [0.25, 0.3) is 0 Å². The van der Waals surface area contributed by atoms with Crippen LogP contribution in [0.5, 0.6) is 0 Å². The molecule has 17 heavy (non-hydrogen) atoms. The van der Waals surface area contributed by atoms with Gasteiger partial charge >= 0.3 is 0 Å².